The molecule has 0 aromatic heterocycles. The number of hydrogen-bond acceptors (Lipinski definition) is 5. The molecule has 1 unspecified atom stereocenters. The molecule has 5 heterocycles. The van der Waals surface area contributed by atoms with E-state index in [0.717, 1.165) is 36.3 Å². The van der Waals surface area contributed by atoms with Crippen LogP contribution < -0.4 is 10.6 Å². The molecule has 4 saturated heterocycles. The highest BCUT2D eigenvalue weighted by Crippen LogP contribution is 2.31. The topological polar surface area (TPSA) is 81.8 Å². The van der Waals surface area contributed by atoms with Gasteiger partial charge in [-0.15, -0.1) is 0 Å². The van der Waals surface area contributed by atoms with Gasteiger partial charge in [0.2, 0.25) is 11.8 Å². The molecule has 4 fully saturated rings. The first kappa shape index (κ1) is 16.0. The highest BCUT2D eigenvalue weighted by Gasteiger charge is 2.41. The van der Waals surface area contributed by atoms with Gasteiger partial charge in [-0.3, -0.25) is 24.6 Å². The van der Waals surface area contributed by atoms with Gasteiger partial charge < -0.3 is 10.2 Å². The Morgan fingerprint density at radius 3 is 2.62 bits per heavy atom. The zero-order chi connectivity index (χ0) is 17.8. The van der Waals surface area contributed by atoms with Crippen LogP contribution in [0.2, 0.25) is 0 Å². The van der Waals surface area contributed by atoms with Crippen LogP contribution in [0.15, 0.2) is 18.2 Å². The van der Waals surface area contributed by atoms with Crippen molar-refractivity contribution >= 4 is 17.7 Å². The summed E-state index contributed by atoms with van der Waals surface area (Å²) in [5, 5.41) is 5.88. The molecule has 3 atom stereocenters. The maximum atomic E-state index is 13.1. The summed E-state index contributed by atoms with van der Waals surface area (Å²) in [6, 6.07) is 6.61. The second-order valence-electron chi connectivity index (χ2n) is 7.84. The number of imide groups is 1. The zero-order valence-electron chi connectivity index (χ0n) is 14.5. The van der Waals surface area contributed by atoms with Crippen molar-refractivity contribution in [2.75, 3.05) is 13.1 Å². The van der Waals surface area contributed by atoms with Crippen LogP contribution in [-0.2, 0) is 22.7 Å². The second kappa shape index (κ2) is 5.89. The van der Waals surface area contributed by atoms with Crippen molar-refractivity contribution in [2.45, 2.75) is 50.5 Å². The van der Waals surface area contributed by atoms with Crippen LogP contribution in [0.1, 0.15) is 40.7 Å². The molecule has 5 aliphatic rings. The number of carbonyl (C=O) groups excluding carboxylic acids is 3. The van der Waals surface area contributed by atoms with Crippen LogP contribution in [-0.4, -0.2) is 58.7 Å². The van der Waals surface area contributed by atoms with Crippen molar-refractivity contribution in [1.29, 1.82) is 0 Å². The average molecular weight is 354 g/mol. The quantitative estimate of drug-likeness (QED) is 0.747. The number of amides is 3. The van der Waals surface area contributed by atoms with Crippen molar-refractivity contribution in [3.05, 3.63) is 34.9 Å². The molecular formula is C19H22N4O3. The van der Waals surface area contributed by atoms with Crippen LogP contribution in [0.25, 0.3) is 0 Å². The van der Waals surface area contributed by atoms with Crippen molar-refractivity contribution in [3.63, 3.8) is 0 Å². The van der Waals surface area contributed by atoms with Crippen LogP contribution in [0.4, 0.5) is 0 Å². The first-order valence-electron chi connectivity index (χ1n) is 9.32. The van der Waals surface area contributed by atoms with Gasteiger partial charge in [-0.1, -0.05) is 18.2 Å². The van der Waals surface area contributed by atoms with Gasteiger partial charge in [0.25, 0.3) is 5.91 Å². The molecule has 7 heteroatoms. The van der Waals surface area contributed by atoms with Gasteiger partial charge in [-0.2, -0.15) is 0 Å². The minimum absolute atomic E-state index is 0.0783. The minimum atomic E-state index is -0.549. The SMILES string of the molecule is O=C1CCC(N2Cc3cccc(CN4C[C@H]5C[C@@H](C4)N5)c3C2=O)C(=O)N1. The Kier molecular flexibility index (Phi) is 3.62. The molecule has 136 valence electrons. The monoisotopic (exact) mass is 354 g/mol. The molecule has 2 bridgehead atoms. The minimum Gasteiger partial charge on any atom is -0.322 e. The fraction of sp³-hybridized carbons (Fsp3) is 0.526. The number of piperazine rings is 1. The normalized spacial score (nSPS) is 30.8. The number of hydrogen-bond donors (Lipinski definition) is 2. The highest BCUT2D eigenvalue weighted by molar-refractivity contribution is 6.05. The van der Waals surface area contributed by atoms with E-state index in [4.69, 9.17) is 0 Å². The summed E-state index contributed by atoms with van der Waals surface area (Å²) in [6.45, 7) is 3.25. The summed E-state index contributed by atoms with van der Waals surface area (Å²) in [6.07, 6.45) is 1.94. The molecular weight excluding hydrogens is 332 g/mol. The van der Waals surface area contributed by atoms with Gasteiger partial charge in [0.15, 0.2) is 0 Å². The predicted molar refractivity (Wildman–Crippen MR) is 93.1 cm³/mol. The molecule has 0 saturated carbocycles. The Morgan fingerprint density at radius 2 is 1.88 bits per heavy atom. The van der Waals surface area contributed by atoms with E-state index >= 15 is 0 Å². The molecule has 3 amide bonds. The third-order valence-corrected chi connectivity index (χ3v) is 6.03. The Bertz CT molecular complexity index is 792. The predicted octanol–water partition coefficient (Wildman–Crippen LogP) is -0.00630. The van der Waals surface area contributed by atoms with Crippen molar-refractivity contribution in [3.8, 4) is 0 Å². The lowest BCUT2D eigenvalue weighted by atomic mass is 9.90. The van der Waals surface area contributed by atoms with E-state index in [1.54, 1.807) is 4.90 Å². The van der Waals surface area contributed by atoms with Crippen molar-refractivity contribution in [1.82, 2.24) is 20.4 Å². The van der Waals surface area contributed by atoms with Gasteiger partial charge in [-0.05, 0) is 24.0 Å². The lowest BCUT2D eigenvalue weighted by Crippen LogP contribution is -2.66. The third-order valence-electron chi connectivity index (χ3n) is 6.03. The van der Waals surface area contributed by atoms with Crippen LogP contribution in [0.5, 0.6) is 0 Å². The molecule has 2 N–H and O–H groups in total. The standard InChI is InChI=1S/C19H22N4O3/c24-16-5-4-15(18(25)21-16)23-8-12-3-1-2-11(17(12)19(23)26)7-22-9-13-6-14(10-22)20-13/h1-3,13-15,20H,4-10H2,(H,21,24,25)/t13-,14+,15?. The second-order valence-corrected chi connectivity index (χ2v) is 7.84. The number of benzene rings is 1. The van der Waals surface area contributed by atoms with Crippen LogP contribution >= 0.6 is 0 Å². The van der Waals surface area contributed by atoms with Gasteiger partial charge in [-0.25, -0.2) is 0 Å². The Morgan fingerprint density at radius 1 is 1.12 bits per heavy atom. The average Bonchev–Trinajstić information content (AvgIpc) is 2.92. The number of rotatable bonds is 3. The summed E-state index contributed by atoms with van der Waals surface area (Å²) in [7, 11) is 0. The fourth-order valence-electron chi connectivity index (χ4n) is 4.80. The van der Waals surface area contributed by atoms with Crippen molar-refractivity contribution < 1.29 is 14.4 Å². The van der Waals surface area contributed by atoms with Gasteiger partial charge >= 0.3 is 0 Å². The molecule has 6 rings (SSSR count). The summed E-state index contributed by atoms with van der Waals surface area (Å²) < 4.78 is 0. The largest absolute Gasteiger partial charge is 0.322 e. The number of piperidine rings is 2. The molecule has 26 heavy (non-hydrogen) atoms. The fourth-order valence-corrected chi connectivity index (χ4v) is 4.80. The Labute approximate surface area is 151 Å². The van der Waals surface area contributed by atoms with Gasteiger partial charge in [0, 0.05) is 50.2 Å². The van der Waals surface area contributed by atoms with Crippen molar-refractivity contribution in [2.24, 2.45) is 0 Å². The lowest BCUT2D eigenvalue weighted by molar-refractivity contribution is -0.136. The lowest BCUT2D eigenvalue weighted by Gasteiger charge is -2.48. The Hall–Kier alpha value is -2.25. The van der Waals surface area contributed by atoms with E-state index < -0.39 is 6.04 Å². The molecule has 0 radical (unpaired) electrons. The molecule has 5 aliphatic heterocycles. The number of fused-ring (bicyclic) bond motifs is 3. The molecule has 0 aliphatic carbocycles. The smallest absolute Gasteiger partial charge is 0.255 e. The molecule has 7 nitrogen and oxygen atoms in total. The molecule has 0 spiro atoms. The number of nitrogens with one attached hydrogen (secondary N) is 2. The third kappa shape index (κ3) is 2.54. The van der Waals surface area contributed by atoms with Crippen LogP contribution in [0.3, 0.4) is 0 Å². The van der Waals surface area contributed by atoms with Gasteiger partial charge in [0.05, 0.1) is 0 Å². The maximum Gasteiger partial charge on any atom is 0.255 e. The molecule has 1 aromatic carbocycles. The Balaban J connectivity index is 1.37. The zero-order valence-corrected chi connectivity index (χ0v) is 14.5. The summed E-state index contributed by atoms with van der Waals surface area (Å²) in [5.41, 5.74) is 2.78. The number of carbonyl (C=O) groups is 3. The number of nitrogens with zero attached hydrogens (tertiary/aromatic N) is 2. The van der Waals surface area contributed by atoms with Gasteiger partial charge in [0.1, 0.15) is 6.04 Å². The summed E-state index contributed by atoms with van der Waals surface area (Å²) in [4.78, 5) is 40.7. The maximum absolute atomic E-state index is 13.1. The first-order valence-corrected chi connectivity index (χ1v) is 9.32. The summed E-state index contributed by atoms with van der Waals surface area (Å²) >= 11 is 0. The van der Waals surface area contributed by atoms with E-state index in [-0.39, 0.29) is 24.1 Å². The van der Waals surface area contributed by atoms with E-state index in [9.17, 15) is 14.4 Å². The van der Waals surface area contributed by atoms with Crippen LogP contribution in [0, 0.1) is 0 Å². The highest BCUT2D eigenvalue weighted by atomic mass is 16.2. The van der Waals surface area contributed by atoms with E-state index in [1.165, 1.54) is 6.42 Å². The molecule has 1 aromatic rings. The van der Waals surface area contributed by atoms with E-state index in [2.05, 4.69) is 15.5 Å². The summed E-state index contributed by atoms with van der Waals surface area (Å²) in [5.74, 6) is -0.690. The first-order chi connectivity index (χ1) is 12.6. The van der Waals surface area contributed by atoms with E-state index in [0.29, 0.717) is 25.0 Å². The van der Waals surface area contributed by atoms with E-state index in [1.807, 2.05) is 18.2 Å².